The molecule has 4 N–H and O–H groups in total. The molecule has 0 saturated carbocycles. The number of amides is 2. The summed E-state index contributed by atoms with van der Waals surface area (Å²) in [6.45, 7) is 3.36. The van der Waals surface area contributed by atoms with Crippen LogP contribution in [0.1, 0.15) is 13.8 Å². The first kappa shape index (κ1) is 13.4. The molecule has 6 heteroatoms. The zero-order chi connectivity index (χ0) is 13.1. The molecule has 0 aliphatic carbocycles. The molecule has 2 amide bonds. The molecule has 0 fully saturated rings. The average Bonchev–Trinajstić information content (AvgIpc) is 2.15. The predicted molar refractivity (Wildman–Crippen MR) is 69.4 cm³/mol. The summed E-state index contributed by atoms with van der Waals surface area (Å²) in [5, 5.41) is 5.07. The minimum atomic E-state index is -0.799. The van der Waals surface area contributed by atoms with Gasteiger partial charge in [-0.15, -0.1) is 0 Å². The Bertz CT molecular complexity index is 448. The van der Waals surface area contributed by atoms with Gasteiger partial charge in [0.15, 0.2) is 0 Å². The van der Waals surface area contributed by atoms with Crippen molar-refractivity contribution in [1.29, 1.82) is 0 Å². The van der Waals surface area contributed by atoms with Crippen molar-refractivity contribution in [2.45, 2.75) is 19.4 Å². The van der Waals surface area contributed by atoms with E-state index in [1.165, 1.54) is 18.2 Å². The molecular weight excluding hydrogens is 241 g/mol. The topological polar surface area (TPSA) is 67.2 Å². The number of rotatable bonds is 3. The normalized spacial score (nSPS) is 10.8. The lowest BCUT2D eigenvalue weighted by atomic mass is 10.1. The molecule has 0 aromatic heterocycles. The second-order valence-corrected chi connectivity index (χ2v) is 4.52. The standard InChI is InChI=1S/C11H14FN3OS/c1-11(2,9(13)17)15-10(16)14-8-5-3-4-7(12)6-8/h3-6H,1-2H3,(H2,13,17)(H2,14,15,16). The van der Waals surface area contributed by atoms with Crippen molar-refractivity contribution in [2.24, 2.45) is 5.73 Å². The number of nitrogens with two attached hydrogens (primary N) is 1. The largest absolute Gasteiger partial charge is 0.391 e. The van der Waals surface area contributed by atoms with E-state index in [0.29, 0.717) is 5.69 Å². The molecule has 4 nitrogen and oxygen atoms in total. The van der Waals surface area contributed by atoms with Crippen LogP contribution in [0.5, 0.6) is 0 Å². The van der Waals surface area contributed by atoms with Gasteiger partial charge in [-0.25, -0.2) is 9.18 Å². The molecule has 0 saturated heterocycles. The number of benzene rings is 1. The Balaban J connectivity index is 2.65. The molecular formula is C11H14FN3OS. The van der Waals surface area contributed by atoms with Crippen molar-refractivity contribution < 1.29 is 9.18 Å². The van der Waals surface area contributed by atoms with Crippen molar-refractivity contribution in [1.82, 2.24) is 5.32 Å². The summed E-state index contributed by atoms with van der Waals surface area (Å²) >= 11 is 4.81. The van der Waals surface area contributed by atoms with E-state index < -0.39 is 17.4 Å². The maximum Gasteiger partial charge on any atom is 0.319 e. The highest BCUT2D eigenvalue weighted by molar-refractivity contribution is 7.80. The van der Waals surface area contributed by atoms with Crippen LogP contribution in [0, 0.1) is 5.82 Å². The molecule has 0 bridgehead atoms. The van der Waals surface area contributed by atoms with Crippen LogP contribution in [0.15, 0.2) is 24.3 Å². The van der Waals surface area contributed by atoms with Crippen LogP contribution in [0.4, 0.5) is 14.9 Å². The lowest BCUT2D eigenvalue weighted by Crippen LogP contribution is -2.53. The minimum absolute atomic E-state index is 0.173. The van der Waals surface area contributed by atoms with Crippen LogP contribution in [0.25, 0.3) is 0 Å². The van der Waals surface area contributed by atoms with E-state index in [0.717, 1.165) is 0 Å². The number of hydrogen-bond acceptors (Lipinski definition) is 2. The number of carbonyl (C=O) groups is 1. The fraction of sp³-hybridized carbons (Fsp3) is 0.273. The van der Waals surface area contributed by atoms with Crippen molar-refractivity contribution in [2.75, 3.05) is 5.32 Å². The van der Waals surface area contributed by atoms with Gasteiger partial charge in [0, 0.05) is 5.69 Å². The molecule has 0 spiro atoms. The second kappa shape index (κ2) is 5.09. The van der Waals surface area contributed by atoms with E-state index >= 15 is 0 Å². The van der Waals surface area contributed by atoms with Gasteiger partial charge in [-0.05, 0) is 32.0 Å². The van der Waals surface area contributed by atoms with Crippen molar-refractivity contribution in [3.05, 3.63) is 30.1 Å². The highest BCUT2D eigenvalue weighted by Gasteiger charge is 2.23. The second-order valence-electron chi connectivity index (χ2n) is 4.08. The number of halogens is 1. The summed E-state index contributed by atoms with van der Waals surface area (Å²) in [4.78, 5) is 11.8. The van der Waals surface area contributed by atoms with Crippen LogP contribution in [-0.2, 0) is 0 Å². The van der Waals surface area contributed by atoms with Gasteiger partial charge in [0.2, 0.25) is 0 Å². The maximum absolute atomic E-state index is 12.9. The van der Waals surface area contributed by atoms with Gasteiger partial charge in [0.25, 0.3) is 0 Å². The van der Waals surface area contributed by atoms with Crippen LogP contribution < -0.4 is 16.4 Å². The fourth-order valence-corrected chi connectivity index (χ4v) is 1.13. The first-order valence-corrected chi connectivity index (χ1v) is 5.37. The molecule has 0 atom stereocenters. The van der Waals surface area contributed by atoms with Crippen molar-refractivity contribution in [3.63, 3.8) is 0 Å². The van der Waals surface area contributed by atoms with Gasteiger partial charge in [0.1, 0.15) is 5.82 Å². The average molecular weight is 255 g/mol. The Hall–Kier alpha value is -1.69. The Morgan fingerprint density at radius 2 is 2.12 bits per heavy atom. The van der Waals surface area contributed by atoms with Gasteiger partial charge in [0.05, 0.1) is 10.5 Å². The molecule has 1 aromatic rings. The molecule has 0 aliphatic rings. The van der Waals surface area contributed by atoms with Gasteiger partial charge < -0.3 is 16.4 Å². The summed E-state index contributed by atoms with van der Waals surface area (Å²) in [5.41, 5.74) is 5.03. The van der Waals surface area contributed by atoms with E-state index in [2.05, 4.69) is 10.6 Å². The van der Waals surface area contributed by atoms with Crippen LogP contribution in [0.2, 0.25) is 0 Å². The third-order valence-electron chi connectivity index (χ3n) is 2.12. The van der Waals surface area contributed by atoms with Crippen molar-refractivity contribution >= 4 is 28.9 Å². The van der Waals surface area contributed by atoms with Crippen LogP contribution in [-0.4, -0.2) is 16.6 Å². The predicted octanol–water partition coefficient (Wildman–Crippen LogP) is 2.01. The van der Waals surface area contributed by atoms with Crippen LogP contribution in [0.3, 0.4) is 0 Å². The molecule has 1 rings (SSSR count). The quantitative estimate of drug-likeness (QED) is 0.724. The molecule has 1 aromatic carbocycles. The molecule has 92 valence electrons. The van der Waals surface area contributed by atoms with Gasteiger partial charge >= 0.3 is 6.03 Å². The molecule has 0 aliphatic heterocycles. The van der Waals surface area contributed by atoms with E-state index in [1.807, 2.05) is 0 Å². The zero-order valence-electron chi connectivity index (χ0n) is 9.58. The smallest absolute Gasteiger partial charge is 0.319 e. The SMILES string of the molecule is CC(C)(NC(=O)Nc1cccc(F)c1)C(N)=S. The van der Waals surface area contributed by atoms with E-state index in [1.54, 1.807) is 19.9 Å². The maximum atomic E-state index is 12.9. The monoisotopic (exact) mass is 255 g/mol. The van der Waals surface area contributed by atoms with Gasteiger partial charge in [-0.3, -0.25) is 0 Å². The lowest BCUT2D eigenvalue weighted by molar-refractivity contribution is 0.247. The number of anilines is 1. The van der Waals surface area contributed by atoms with E-state index in [4.69, 9.17) is 18.0 Å². The summed E-state index contributed by atoms with van der Waals surface area (Å²) in [5.74, 6) is -0.420. The summed E-state index contributed by atoms with van der Waals surface area (Å²) in [6, 6.07) is 5.10. The van der Waals surface area contributed by atoms with E-state index in [9.17, 15) is 9.18 Å². The van der Waals surface area contributed by atoms with Crippen LogP contribution >= 0.6 is 12.2 Å². The summed E-state index contributed by atoms with van der Waals surface area (Å²) in [7, 11) is 0. The molecule has 0 unspecified atom stereocenters. The first-order chi connectivity index (χ1) is 7.81. The number of thiocarbonyl (C=S) groups is 1. The Morgan fingerprint density at radius 3 is 2.65 bits per heavy atom. The highest BCUT2D eigenvalue weighted by atomic mass is 32.1. The van der Waals surface area contributed by atoms with Gasteiger partial charge in [-0.1, -0.05) is 18.3 Å². The van der Waals surface area contributed by atoms with Gasteiger partial charge in [-0.2, -0.15) is 0 Å². The molecule has 0 heterocycles. The zero-order valence-corrected chi connectivity index (χ0v) is 10.4. The Labute approximate surface area is 104 Å². The third-order valence-corrected chi connectivity index (χ3v) is 2.63. The Morgan fingerprint density at radius 1 is 1.47 bits per heavy atom. The Kier molecular flexibility index (Phi) is 4.01. The molecule has 0 radical (unpaired) electrons. The van der Waals surface area contributed by atoms with E-state index in [-0.39, 0.29) is 4.99 Å². The number of carbonyl (C=O) groups excluding carboxylic acids is 1. The van der Waals surface area contributed by atoms with Crippen molar-refractivity contribution in [3.8, 4) is 0 Å². The summed E-state index contributed by atoms with van der Waals surface area (Å²) < 4.78 is 12.9. The highest BCUT2D eigenvalue weighted by Crippen LogP contribution is 2.09. The minimum Gasteiger partial charge on any atom is -0.391 e. The number of hydrogen-bond donors (Lipinski definition) is 3. The first-order valence-electron chi connectivity index (χ1n) is 4.96. The third kappa shape index (κ3) is 3.99. The summed E-state index contributed by atoms with van der Waals surface area (Å²) in [6.07, 6.45) is 0. The number of urea groups is 1. The fourth-order valence-electron chi connectivity index (χ4n) is 1.07. The molecule has 17 heavy (non-hydrogen) atoms. The number of nitrogens with one attached hydrogen (secondary N) is 2. The lowest BCUT2D eigenvalue weighted by Gasteiger charge is -2.24.